The van der Waals surface area contributed by atoms with E-state index in [1.807, 2.05) is 33.2 Å². The molecule has 0 radical (unpaired) electrons. The van der Waals surface area contributed by atoms with E-state index in [2.05, 4.69) is 20.4 Å². The minimum Gasteiger partial charge on any atom is -0.364 e. The second-order valence-corrected chi connectivity index (χ2v) is 4.15. The predicted molar refractivity (Wildman–Crippen MR) is 67.0 cm³/mol. The van der Waals surface area contributed by atoms with Gasteiger partial charge < -0.3 is 10.6 Å². The van der Waals surface area contributed by atoms with Crippen molar-refractivity contribution in [2.75, 3.05) is 25.5 Å². The second-order valence-electron chi connectivity index (χ2n) is 4.15. The van der Waals surface area contributed by atoms with E-state index < -0.39 is 0 Å². The number of imidazole rings is 1. The molecule has 0 aliphatic rings. The van der Waals surface area contributed by atoms with E-state index in [9.17, 15) is 0 Å². The summed E-state index contributed by atoms with van der Waals surface area (Å²) in [6, 6.07) is 6.15. The number of nitrogens with zero attached hydrogens (tertiary/aromatic N) is 3. The molecule has 86 valence electrons. The van der Waals surface area contributed by atoms with Gasteiger partial charge in [-0.1, -0.05) is 6.07 Å². The molecule has 2 rings (SSSR count). The first-order valence-electron chi connectivity index (χ1n) is 5.49. The number of aryl methyl sites for hydroxylation is 1. The Morgan fingerprint density at radius 3 is 2.75 bits per heavy atom. The van der Waals surface area contributed by atoms with Crippen LogP contribution in [0.1, 0.15) is 11.4 Å². The van der Waals surface area contributed by atoms with E-state index in [1.165, 1.54) is 5.69 Å². The summed E-state index contributed by atoms with van der Waals surface area (Å²) in [6.45, 7) is 2.69. The molecular weight excluding hydrogens is 200 g/mol. The van der Waals surface area contributed by atoms with Gasteiger partial charge >= 0.3 is 0 Å². The zero-order chi connectivity index (χ0) is 11.7. The molecule has 0 aliphatic carbocycles. The number of nitrogens with two attached hydrogens (primary N) is 1. The Morgan fingerprint density at radius 1 is 1.38 bits per heavy atom. The highest BCUT2D eigenvalue weighted by molar-refractivity contribution is 5.54. The van der Waals surface area contributed by atoms with Crippen LogP contribution in [0.15, 0.2) is 18.2 Å². The maximum atomic E-state index is 5.65. The smallest absolute Gasteiger partial charge is 0.138 e. The second kappa shape index (κ2) is 4.14. The zero-order valence-electron chi connectivity index (χ0n) is 10.1. The number of aromatic nitrogens is 2. The fourth-order valence-electron chi connectivity index (χ4n) is 2.03. The van der Waals surface area contributed by atoms with E-state index in [4.69, 9.17) is 5.73 Å². The van der Waals surface area contributed by atoms with Crippen molar-refractivity contribution in [1.82, 2.24) is 9.38 Å². The van der Waals surface area contributed by atoms with Gasteiger partial charge in [-0.2, -0.15) is 0 Å². The van der Waals surface area contributed by atoms with Crippen LogP contribution in [0.4, 0.5) is 5.82 Å². The number of fused-ring (bicyclic) bond motifs is 1. The molecule has 0 atom stereocenters. The van der Waals surface area contributed by atoms with Gasteiger partial charge in [0.05, 0.1) is 5.69 Å². The molecule has 0 spiro atoms. The van der Waals surface area contributed by atoms with Crippen LogP contribution in [0.2, 0.25) is 0 Å². The number of rotatable bonds is 3. The van der Waals surface area contributed by atoms with E-state index in [0.29, 0.717) is 6.54 Å². The van der Waals surface area contributed by atoms with E-state index >= 15 is 0 Å². The quantitative estimate of drug-likeness (QED) is 0.842. The highest BCUT2D eigenvalue weighted by Gasteiger charge is 2.11. The summed E-state index contributed by atoms with van der Waals surface area (Å²) in [5, 5.41) is 0. The third-order valence-electron chi connectivity index (χ3n) is 2.76. The van der Waals surface area contributed by atoms with Crippen molar-refractivity contribution in [2.24, 2.45) is 5.73 Å². The van der Waals surface area contributed by atoms with E-state index in [-0.39, 0.29) is 0 Å². The first kappa shape index (κ1) is 11.0. The third kappa shape index (κ3) is 1.65. The standard InChI is InChI=1S/C12H18N4/c1-9-10(7-8-13)16-11(14-9)5-4-6-12(16)15(2)3/h4-6H,7-8,13H2,1-3H3. The summed E-state index contributed by atoms with van der Waals surface area (Å²) >= 11 is 0. The monoisotopic (exact) mass is 218 g/mol. The molecule has 0 bridgehead atoms. The Labute approximate surface area is 95.7 Å². The van der Waals surface area contributed by atoms with Crippen molar-refractivity contribution < 1.29 is 0 Å². The van der Waals surface area contributed by atoms with Gasteiger partial charge in [-0.15, -0.1) is 0 Å². The maximum Gasteiger partial charge on any atom is 0.138 e. The topological polar surface area (TPSA) is 46.6 Å². The average Bonchev–Trinajstić information content (AvgIpc) is 2.55. The third-order valence-corrected chi connectivity index (χ3v) is 2.76. The van der Waals surface area contributed by atoms with Gasteiger partial charge in [0, 0.05) is 26.2 Å². The number of hydrogen-bond donors (Lipinski definition) is 1. The molecule has 0 saturated heterocycles. The molecule has 16 heavy (non-hydrogen) atoms. The molecule has 2 aromatic heterocycles. The molecule has 4 heteroatoms. The molecule has 0 saturated carbocycles. The first-order chi connectivity index (χ1) is 7.65. The van der Waals surface area contributed by atoms with Crippen LogP contribution in [0, 0.1) is 6.92 Å². The maximum absolute atomic E-state index is 5.65. The summed E-state index contributed by atoms with van der Waals surface area (Å²) in [6.07, 6.45) is 0.859. The van der Waals surface area contributed by atoms with E-state index in [0.717, 1.165) is 23.6 Å². The van der Waals surface area contributed by atoms with Crippen LogP contribution < -0.4 is 10.6 Å². The lowest BCUT2D eigenvalue weighted by atomic mass is 10.2. The Morgan fingerprint density at radius 2 is 2.12 bits per heavy atom. The lowest BCUT2D eigenvalue weighted by Crippen LogP contribution is -2.15. The van der Waals surface area contributed by atoms with Crippen LogP contribution >= 0.6 is 0 Å². The molecule has 2 aromatic rings. The lowest BCUT2D eigenvalue weighted by molar-refractivity contribution is 0.881. The molecule has 0 aliphatic heterocycles. The molecule has 2 N–H and O–H groups in total. The van der Waals surface area contributed by atoms with Gasteiger partial charge in [-0.25, -0.2) is 4.98 Å². The minimum atomic E-state index is 0.649. The summed E-state index contributed by atoms with van der Waals surface area (Å²) in [7, 11) is 4.08. The predicted octanol–water partition coefficient (Wildman–Crippen LogP) is 1.21. The number of pyridine rings is 1. The van der Waals surface area contributed by atoms with Gasteiger partial charge in [0.15, 0.2) is 0 Å². The average molecular weight is 218 g/mol. The molecule has 0 amide bonds. The van der Waals surface area contributed by atoms with Crippen LogP contribution in [-0.4, -0.2) is 30.0 Å². The molecule has 0 aromatic carbocycles. The van der Waals surface area contributed by atoms with Gasteiger partial charge in [0.25, 0.3) is 0 Å². The zero-order valence-corrected chi connectivity index (χ0v) is 10.1. The Bertz CT molecular complexity index is 499. The molecule has 4 nitrogen and oxygen atoms in total. The number of hydrogen-bond acceptors (Lipinski definition) is 3. The fourth-order valence-corrected chi connectivity index (χ4v) is 2.03. The van der Waals surface area contributed by atoms with Gasteiger partial charge in [0.2, 0.25) is 0 Å². The van der Waals surface area contributed by atoms with Crippen LogP contribution in [0.3, 0.4) is 0 Å². The molecule has 0 fully saturated rings. The van der Waals surface area contributed by atoms with Crippen LogP contribution in [-0.2, 0) is 6.42 Å². The minimum absolute atomic E-state index is 0.649. The summed E-state index contributed by atoms with van der Waals surface area (Å²) in [4.78, 5) is 6.65. The van der Waals surface area contributed by atoms with Crippen molar-refractivity contribution in [2.45, 2.75) is 13.3 Å². The van der Waals surface area contributed by atoms with E-state index in [1.54, 1.807) is 0 Å². The lowest BCUT2D eigenvalue weighted by Gasteiger charge is -2.16. The van der Waals surface area contributed by atoms with Crippen molar-refractivity contribution in [3.63, 3.8) is 0 Å². The molecule has 0 unspecified atom stereocenters. The van der Waals surface area contributed by atoms with Crippen molar-refractivity contribution in [3.8, 4) is 0 Å². The van der Waals surface area contributed by atoms with Crippen molar-refractivity contribution in [3.05, 3.63) is 29.6 Å². The largest absolute Gasteiger partial charge is 0.364 e. The molecule has 2 heterocycles. The first-order valence-corrected chi connectivity index (χ1v) is 5.49. The van der Waals surface area contributed by atoms with Crippen LogP contribution in [0.25, 0.3) is 5.65 Å². The van der Waals surface area contributed by atoms with Gasteiger partial charge in [-0.05, 0) is 25.6 Å². The highest BCUT2D eigenvalue weighted by Crippen LogP contribution is 2.20. The Hall–Kier alpha value is -1.55. The Kier molecular flexibility index (Phi) is 2.83. The SMILES string of the molecule is Cc1nc2cccc(N(C)C)n2c1CCN. The summed E-state index contributed by atoms with van der Waals surface area (Å²) in [5.41, 5.74) is 8.92. The number of anilines is 1. The van der Waals surface area contributed by atoms with Crippen molar-refractivity contribution >= 4 is 11.5 Å². The highest BCUT2D eigenvalue weighted by atomic mass is 15.2. The van der Waals surface area contributed by atoms with Crippen LogP contribution in [0.5, 0.6) is 0 Å². The van der Waals surface area contributed by atoms with Gasteiger partial charge in [-0.3, -0.25) is 4.40 Å². The van der Waals surface area contributed by atoms with Crippen molar-refractivity contribution in [1.29, 1.82) is 0 Å². The Balaban J connectivity index is 2.72. The normalized spacial score (nSPS) is 11.0. The fraction of sp³-hybridized carbons (Fsp3) is 0.417. The molecular formula is C12H18N4. The van der Waals surface area contributed by atoms with Gasteiger partial charge in [0.1, 0.15) is 11.5 Å². The summed E-state index contributed by atoms with van der Waals surface area (Å²) < 4.78 is 2.18. The summed E-state index contributed by atoms with van der Waals surface area (Å²) in [5.74, 6) is 1.14.